The molecule has 1 aliphatic rings. The molecule has 10 nitrogen and oxygen atoms in total. The number of ether oxygens (including phenoxy) is 1. The molecule has 1 fully saturated rings. The molecule has 10 heteroatoms. The lowest BCUT2D eigenvalue weighted by Gasteiger charge is -2.41. The Morgan fingerprint density at radius 3 is 2.39 bits per heavy atom. The van der Waals surface area contributed by atoms with Crippen LogP contribution in [0, 0.1) is 12.3 Å². The van der Waals surface area contributed by atoms with E-state index in [0.29, 0.717) is 18.7 Å². The van der Waals surface area contributed by atoms with Gasteiger partial charge in [-0.15, -0.1) is 12.3 Å². The maximum atomic E-state index is 11.9. The van der Waals surface area contributed by atoms with Crippen LogP contribution in [-0.2, 0) is 11.2 Å². The van der Waals surface area contributed by atoms with E-state index < -0.39 is 30.5 Å². The molecule has 3 unspecified atom stereocenters. The molecule has 172 valence electrons. The Hall–Kier alpha value is -2.23. The average molecular weight is 437 g/mol. The van der Waals surface area contributed by atoms with Crippen LogP contribution in [0.25, 0.3) is 0 Å². The highest BCUT2D eigenvalue weighted by Gasteiger charge is 2.43. The van der Waals surface area contributed by atoms with E-state index in [4.69, 9.17) is 21.6 Å². The summed E-state index contributed by atoms with van der Waals surface area (Å²) in [4.78, 5) is 11.9. The Morgan fingerprint density at radius 1 is 1.06 bits per heavy atom. The van der Waals surface area contributed by atoms with Crippen LogP contribution in [0.2, 0.25) is 0 Å². The zero-order valence-corrected chi connectivity index (χ0v) is 17.2. The lowest BCUT2D eigenvalue weighted by atomic mass is 9.90. The maximum absolute atomic E-state index is 11.9. The van der Waals surface area contributed by atoms with E-state index >= 15 is 0 Å². The predicted octanol–water partition coefficient (Wildman–Crippen LogP) is 0.475. The van der Waals surface area contributed by atoms with Gasteiger partial charge in [-0.1, -0.05) is 17.4 Å². The molecule has 0 aliphatic carbocycles. The minimum absolute atomic E-state index is 0.0260. The molecule has 7 N–H and O–H groups in total. The first kappa shape index (κ1) is 25.0. The Kier molecular flexibility index (Phi) is 10.2. The lowest BCUT2D eigenvalue weighted by Crippen LogP contribution is -2.58. The van der Waals surface area contributed by atoms with Gasteiger partial charge in [-0.3, -0.25) is 10.4 Å². The van der Waals surface area contributed by atoms with Crippen molar-refractivity contribution in [3.63, 3.8) is 0 Å². The first-order valence-electron chi connectivity index (χ1n) is 10.2. The minimum Gasteiger partial charge on any atom is -0.388 e. The van der Waals surface area contributed by atoms with Crippen LogP contribution >= 0.6 is 0 Å². The van der Waals surface area contributed by atoms with Crippen LogP contribution in [0.15, 0.2) is 24.3 Å². The maximum Gasteiger partial charge on any atom is 0.319 e. The molecule has 1 heterocycles. The third-order valence-electron chi connectivity index (χ3n) is 5.11. The number of rotatable bonds is 10. The second-order valence-electron chi connectivity index (χ2n) is 7.51. The van der Waals surface area contributed by atoms with Gasteiger partial charge < -0.3 is 30.7 Å². The van der Waals surface area contributed by atoms with Crippen LogP contribution in [0.5, 0.6) is 0 Å². The number of carbonyl (C=O) groups excluding carboxylic acids is 1. The second-order valence-corrected chi connectivity index (χ2v) is 7.51. The van der Waals surface area contributed by atoms with Crippen molar-refractivity contribution in [1.82, 2.24) is 10.5 Å². The summed E-state index contributed by atoms with van der Waals surface area (Å²) < 4.78 is 5.70. The fourth-order valence-electron chi connectivity index (χ4n) is 3.36. The summed E-state index contributed by atoms with van der Waals surface area (Å²) in [5.74, 6) is 2.55. The standard InChI is InChI=1S/C21H31N3O7/c1-2-3-4-5-11-22-21(28)23-15-8-6-14(7-9-15)13-17-19(26)20(27)18(25)16(31-17)10-12-24(29)30/h1,6-9,16-20,25-27,29-30H,3-5,10-13H2,(H2,22,23,28)/t16?,17-,18-,19?,20?/m1/s1. The average Bonchev–Trinajstić information content (AvgIpc) is 2.74. The zero-order chi connectivity index (χ0) is 22.8. The number of nitrogens with one attached hydrogen (secondary N) is 2. The fraction of sp³-hybridized carbons (Fsp3) is 0.571. The fourth-order valence-corrected chi connectivity index (χ4v) is 3.36. The summed E-state index contributed by atoms with van der Waals surface area (Å²) >= 11 is 0. The number of aliphatic hydroxyl groups excluding tert-OH is 3. The van der Waals surface area contributed by atoms with Crippen LogP contribution in [0.4, 0.5) is 10.5 Å². The van der Waals surface area contributed by atoms with E-state index in [0.717, 1.165) is 18.4 Å². The van der Waals surface area contributed by atoms with Gasteiger partial charge in [0.1, 0.15) is 18.3 Å². The lowest BCUT2D eigenvalue weighted by molar-refractivity contribution is -0.312. The normalized spacial score (nSPS) is 25.8. The molecule has 0 aromatic heterocycles. The molecular formula is C21H31N3O7. The number of hydroxylamine groups is 2. The van der Waals surface area contributed by atoms with E-state index in [9.17, 15) is 20.1 Å². The van der Waals surface area contributed by atoms with E-state index in [-0.39, 0.29) is 30.6 Å². The Morgan fingerprint density at radius 2 is 1.74 bits per heavy atom. The first-order chi connectivity index (χ1) is 14.8. The predicted molar refractivity (Wildman–Crippen MR) is 111 cm³/mol. The summed E-state index contributed by atoms with van der Waals surface area (Å²) in [6.45, 7) is 0.339. The molecule has 2 amide bonds. The Labute approximate surface area is 181 Å². The van der Waals surface area contributed by atoms with Gasteiger partial charge in [0, 0.05) is 25.1 Å². The van der Waals surface area contributed by atoms with Crippen LogP contribution in [0.1, 0.15) is 31.2 Å². The molecule has 0 saturated carbocycles. The van der Waals surface area contributed by atoms with Gasteiger partial charge in [0.25, 0.3) is 0 Å². The van der Waals surface area contributed by atoms with Crippen LogP contribution < -0.4 is 10.6 Å². The highest BCUT2D eigenvalue weighted by Crippen LogP contribution is 2.26. The molecule has 1 saturated heterocycles. The van der Waals surface area contributed by atoms with Gasteiger partial charge in [-0.2, -0.15) is 0 Å². The van der Waals surface area contributed by atoms with Crippen molar-refractivity contribution in [1.29, 1.82) is 0 Å². The number of amides is 2. The number of anilines is 1. The number of aliphatic hydroxyl groups is 3. The van der Waals surface area contributed by atoms with Gasteiger partial charge >= 0.3 is 6.03 Å². The van der Waals surface area contributed by atoms with Gasteiger partial charge in [0.15, 0.2) is 0 Å². The van der Waals surface area contributed by atoms with E-state index in [2.05, 4.69) is 16.6 Å². The van der Waals surface area contributed by atoms with Gasteiger partial charge in [0.05, 0.1) is 18.8 Å². The molecule has 1 aromatic carbocycles. The summed E-state index contributed by atoms with van der Waals surface area (Å²) in [5.41, 5.74) is 1.38. The topological polar surface area (TPSA) is 155 Å². The van der Waals surface area contributed by atoms with Crippen molar-refractivity contribution in [3.05, 3.63) is 29.8 Å². The molecule has 0 bridgehead atoms. The zero-order valence-electron chi connectivity index (χ0n) is 17.2. The molecule has 1 aliphatic heterocycles. The van der Waals surface area contributed by atoms with Crippen molar-refractivity contribution in [2.45, 2.75) is 62.6 Å². The van der Waals surface area contributed by atoms with Crippen molar-refractivity contribution >= 4 is 11.7 Å². The van der Waals surface area contributed by atoms with Crippen molar-refractivity contribution in [2.75, 3.05) is 18.4 Å². The second kappa shape index (κ2) is 12.6. The number of nitrogens with zero attached hydrogens (tertiary/aromatic N) is 1. The van der Waals surface area contributed by atoms with Crippen molar-refractivity contribution in [3.8, 4) is 12.3 Å². The molecule has 5 atom stereocenters. The molecule has 1 aromatic rings. The number of hydrogen-bond donors (Lipinski definition) is 7. The summed E-state index contributed by atoms with van der Waals surface area (Å²) in [6.07, 6.45) is 2.10. The van der Waals surface area contributed by atoms with Gasteiger partial charge in [0.2, 0.25) is 0 Å². The third kappa shape index (κ3) is 8.08. The van der Waals surface area contributed by atoms with Crippen LogP contribution in [-0.4, -0.2) is 80.6 Å². The van der Waals surface area contributed by atoms with Crippen molar-refractivity contribution < 1.29 is 35.3 Å². The first-order valence-corrected chi connectivity index (χ1v) is 10.2. The summed E-state index contributed by atoms with van der Waals surface area (Å²) in [6, 6.07) is 6.62. The monoisotopic (exact) mass is 437 g/mol. The highest BCUT2D eigenvalue weighted by atomic mass is 16.8. The van der Waals surface area contributed by atoms with E-state index in [1.807, 2.05) is 0 Å². The smallest absolute Gasteiger partial charge is 0.319 e. The van der Waals surface area contributed by atoms with Gasteiger partial charge in [-0.25, -0.2) is 4.79 Å². The number of unbranched alkanes of at least 4 members (excludes halogenated alkanes) is 2. The van der Waals surface area contributed by atoms with Crippen LogP contribution in [0.3, 0.4) is 0 Å². The summed E-state index contributed by atoms with van der Waals surface area (Å²) in [5, 5.41) is 53.6. The highest BCUT2D eigenvalue weighted by molar-refractivity contribution is 5.89. The SMILES string of the molecule is C#CCCCCNC(=O)Nc1ccc(C[C@H]2OC(CCN(O)O)[C@@H](O)C(O)C2O)cc1. The molecule has 0 spiro atoms. The molecular weight excluding hydrogens is 406 g/mol. The Bertz CT molecular complexity index is 723. The molecule has 31 heavy (non-hydrogen) atoms. The number of benzene rings is 1. The van der Waals surface area contributed by atoms with Gasteiger partial charge in [-0.05, 0) is 37.0 Å². The number of hydrogen-bond acceptors (Lipinski definition) is 8. The van der Waals surface area contributed by atoms with E-state index in [1.54, 1.807) is 24.3 Å². The van der Waals surface area contributed by atoms with E-state index in [1.165, 1.54) is 0 Å². The quantitative estimate of drug-likeness (QED) is 0.158. The molecule has 0 radical (unpaired) electrons. The minimum atomic E-state index is -1.42. The molecule has 2 rings (SSSR count). The Balaban J connectivity index is 1.86. The third-order valence-corrected chi connectivity index (χ3v) is 5.11. The van der Waals surface area contributed by atoms with Crippen molar-refractivity contribution in [2.24, 2.45) is 0 Å². The number of terminal acetylenes is 1. The number of urea groups is 1. The number of carbonyl (C=O) groups is 1. The largest absolute Gasteiger partial charge is 0.388 e. The summed E-state index contributed by atoms with van der Waals surface area (Å²) in [7, 11) is 0.